The average molecular weight is 420 g/mol. The van der Waals surface area contributed by atoms with E-state index >= 15 is 0 Å². The first-order chi connectivity index (χ1) is 12.0. The first-order valence-electron chi connectivity index (χ1n) is 8.83. The monoisotopic (exact) mass is 419 g/mol. The van der Waals surface area contributed by atoms with E-state index < -0.39 is 0 Å². The Labute approximate surface area is 164 Å². The van der Waals surface area contributed by atoms with Gasteiger partial charge < -0.3 is 9.64 Å². The zero-order valence-corrected chi connectivity index (χ0v) is 17.8. The van der Waals surface area contributed by atoms with E-state index in [1.54, 1.807) is 7.11 Å². The molecule has 134 valence electrons. The van der Waals surface area contributed by atoms with Crippen molar-refractivity contribution in [3.63, 3.8) is 0 Å². The lowest BCUT2D eigenvalue weighted by Gasteiger charge is -2.39. The zero-order valence-electron chi connectivity index (χ0n) is 15.4. The van der Waals surface area contributed by atoms with Crippen LogP contribution < -0.4 is 9.64 Å². The van der Waals surface area contributed by atoms with Gasteiger partial charge in [-0.3, -0.25) is 0 Å². The Hall–Kier alpha value is -1.13. The molecule has 0 spiro atoms. The first-order valence-corrected chi connectivity index (χ1v) is 10.6. The van der Waals surface area contributed by atoms with E-state index in [0.29, 0.717) is 5.92 Å². The van der Waals surface area contributed by atoms with E-state index in [1.807, 2.05) is 11.8 Å². The minimum atomic E-state index is 0.277. The van der Waals surface area contributed by atoms with Gasteiger partial charge in [-0.25, -0.2) is 0 Å². The zero-order chi connectivity index (χ0) is 18.0. The number of thioether (sulfide) groups is 1. The number of methoxy groups -OCH3 is 1. The molecule has 1 aliphatic heterocycles. The van der Waals surface area contributed by atoms with Gasteiger partial charge in [0, 0.05) is 22.9 Å². The number of anilines is 2. The van der Waals surface area contributed by atoms with Crippen LogP contribution in [0.15, 0.2) is 51.8 Å². The quantitative estimate of drug-likeness (QED) is 0.543. The fraction of sp³-hybridized carbons (Fsp3) is 0.429. The normalized spacial score (nSPS) is 20.3. The molecule has 2 aromatic carbocycles. The van der Waals surface area contributed by atoms with Crippen LogP contribution in [0.2, 0.25) is 0 Å². The maximum Gasteiger partial charge on any atom is 0.134 e. The number of nitrogens with zero attached hydrogens (tertiary/aromatic N) is 1. The Bertz CT molecular complexity index is 734. The molecule has 25 heavy (non-hydrogen) atoms. The lowest BCUT2D eigenvalue weighted by atomic mass is 9.76. The molecule has 1 aliphatic rings. The minimum absolute atomic E-state index is 0.277. The molecule has 0 amide bonds. The Balaban J connectivity index is 2.16. The summed E-state index contributed by atoms with van der Waals surface area (Å²) in [6, 6.07) is 15.1. The fourth-order valence-electron chi connectivity index (χ4n) is 3.48. The third kappa shape index (κ3) is 3.56. The standard InChI is InChI=1S/C21H26BrNOS/c1-5-21(15(2)3)13-23(16-9-7-6-8-10-16)18-11-17(22)19(24-4)12-20(18)25-14-21/h6-12,15H,5,13-14H2,1-4H3. The number of hydrogen-bond acceptors (Lipinski definition) is 3. The Morgan fingerprint density at radius 1 is 1.24 bits per heavy atom. The molecule has 0 saturated heterocycles. The first kappa shape index (κ1) is 18.7. The smallest absolute Gasteiger partial charge is 0.134 e. The van der Waals surface area contributed by atoms with Crippen molar-refractivity contribution < 1.29 is 4.74 Å². The van der Waals surface area contributed by atoms with Gasteiger partial charge in [0.05, 0.1) is 17.3 Å². The molecule has 0 N–H and O–H groups in total. The number of halogens is 1. The summed E-state index contributed by atoms with van der Waals surface area (Å²) in [4.78, 5) is 3.78. The molecular formula is C21H26BrNOS. The van der Waals surface area contributed by atoms with E-state index in [0.717, 1.165) is 22.5 Å². The molecule has 1 unspecified atom stereocenters. The van der Waals surface area contributed by atoms with Crippen molar-refractivity contribution in [2.45, 2.75) is 32.1 Å². The van der Waals surface area contributed by atoms with E-state index in [-0.39, 0.29) is 5.41 Å². The van der Waals surface area contributed by atoms with Crippen LogP contribution in [0.5, 0.6) is 5.75 Å². The van der Waals surface area contributed by atoms with Gasteiger partial charge in [-0.1, -0.05) is 39.0 Å². The topological polar surface area (TPSA) is 12.5 Å². The van der Waals surface area contributed by atoms with Crippen LogP contribution in [0.4, 0.5) is 11.4 Å². The van der Waals surface area contributed by atoms with Crippen LogP contribution in [0.1, 0.15) is 27.2 Å². The van der Waals surface area contributed by atoms with E-state index in [9.17, 15) is 0 Å². The Kier molecular flexibility index (Phi) is 5.69. The predicted molar refractivity (Wildman–Crippen MR) is 112 cm³/mol. The van der Waals surface area contributed by atoms with Crippen molar-refractivity contribution in [3.05, 3.63) is 46.9 Å². The van der Waals surface area contributed by atoms with Crippen molar-refractivity contribution in [3.8, 4) is 5.75 Å². The lowest BCUT2D eigenvalue weighted by Crippen LogP contribution is -2.39. The molecule has 1 atom stereocenters. The summed E-state index contributed by atoms with van der Waals surface area (Å²) in [6.45, 7) is 8.08. The molecule has 2 nitrogen and oxygen atoms in total. The van der Waals surface area contributed by atoms with Crippen LogP contribution >= 0.6 is 27.7 Å². The van der Waals surface area contributed by atoms with Gasteiger partial charge in [0.15, 0.2) is 0 Å². The van der Waals surface area contributed by atoms with Gasteiger partial charge in [-0.2, -0.15) is 0 Å². The summed E-state index contributed by atoms with van der Waals surface area (Å²) in [5, 5.41) is 0. The van der Waals surface area contributed by atoms with Gasteiger partial charge in [-0.15, -0.1) is 11.8 Å². The van der Waals surface area contributed by atoms with Crippen molar-refractivity contribution in [1.29, 1.82) is 0 Å². The molecule has 0 aliphatic carbocycles. The molecule has 1 heterocycles. The largest absolute Gasteiger partial charge is 0.496 e. The van der Waals surface area contributed by atoms with Crippen LogP contribution in [0.3, 0.4) is 0 Å². The van der Waals surface area contributed by atoms with Crippen LogP contribution in [0, 0.1) is 11.3 Å². The summed E-state index contributed by atoms with van der Waals surface area (Å²) < 4.78 is 6.54. The third-order valence-electron chi connectivity index (χ3n) is 5.51. The number of hydrogen-bond donors (Lipinski definition) is 0. The highest BCUT2D eigenvalue weighted by atomic mass is 79.9. The molecular weight excluding hydrogens is 394 g/mol. The van der Waals surface area contributed by atoms with Crippen molar-refractivity contribution >= 4 is 39.1 Å². The number of fused-ring (bicyclic) bond motifs is 1. The number of para-hydroxylation sites is 1. The molecule has 0 radical (unpaired) electrons. The fourth-order valence-corrected chi connectivity index (χ4v) is 5.56. The van der Waals surface area contributed by atoms with E-state index in [4.69, 9.17) is 4.74 Å². The van der Waals surface area contributed by atoms with Gasteiger partial charge in [0.25, 0.3) is 0 Å². The summed E-state index contributed by atoms with van der Waals surface area (Å²) >= 11 is 5.64. The number of ether oxygens (including phenoxy) is 1. The van der Waals surface area contributed by atoms with Crippen molar-refractivity contribution in [2.24, 2.45) is 11.3 Å². The van der Waals surface area contributed by atoms with Crippen LogP contribution in [0.25, 0.3) is 0 Å². The van der Waals surface area contributed by atoms with Crippen LogP contribution in [-0.4, -0.2) is 19.4 Å². The number of benzene rings is 2. The summed E-state index contributed by atoms with van der Waals surface area (Å²) in [6.07, 6.45) is 1.17. The highest BCUT2D eigenvalue weighted by Crippen LogP contribution is 2.49. The second-order valence-electron chi connectivity index (χ2n) is 7.04. The minimum Gasteiger partial charge on any atom is -0.496 e. The average Bonchev–Trinajstić information content (AvgIpc) is 2.79. The summed E-state index contributed by atoms with van der Waals surface area (Å²) in [7, 11) is 1.73. The maximum absolute atomic E-state index is 5.54. The van der Waals surface area contributed by atoms with Gasteiger partial charge in [-0.05, 0) is 57.9 Å². The predicted octanol–water partition coefficient (Wildman–Crippen LogP) is 6.75. The van der Waals surface area contributed by atoms with Crippen molar-refractivity contribution in [2.75, 3.05) is 24.3 Å². The molecule has 4 heteroatoms. The summed E-state index contributed by atoms with van der Waals surface area (Å²) in [5.41, 5.74) is 2.79. The molecule has 3 rings (SSSR count). The second kappa shape index (κ2) is 7.63. The van der Waals surface area contributed by atoms with Gasteiger partial charge >= 0.3 is 0 Å². The summed E-state index contributed by atoms with van der Waals surface area (Å²) in [5.74, 6) is 2.64. The second-order valence-corrected chi connectivity index (χ2v) is 8.91. The molecule has 0 saturated carbocycles. The number of rotatable bonds is 4. The van der Waals surface area contributed by atoms with E-state index in [2.05, 4.69) is 84.1 Å². The lowest BCUT2D eigenvalue weighted by molar-refractivity contribution is 0.227. The highest BCUT2D eigenvalue weighted by Gasteiger charge is 2.38. The highest BCUT2D eigenvalue weighted by molar-refractivity contribution is 9.10. The SMILES string of the molecule is CCC1(C(C)C)CSc2cc(OC)c(Br)cc2N(c2ccccc2)C1. The maximum atomic E-state index is 5.54. The molecule has 0 aromatic heterocycles. The molecule has 2 aromatic rings. The molecule has 0 bridgehead atoms. The van der Waals surface area contributed by atoms with Crippen molar-refractivity contribution in [1.82, 2.24) is 0 Å². The van der Waals surface area contributed by atoms with E-state index in [1.165, 1.54) is 22.7 Å². The van der Waals surface area contributed by atoms with Gasteiger partial charge in [0.2, 0.25) is 0 Å². The van der Waals surface area contributed by atoms with Gasteiger partial charge in [0.1, 0.15) is 5.75 Å². The molecule has 0 fully saturated rings. The Morgan fingerprint density at radius 3 is 2.56 bits per heavy atom. The Morgan fingerprint density at radius 2 is 1.96 bits per heavy atom. The third-order valence-corrected chi connectivity index (χ3v) is 7.49. The van der Waals surface area contributed by atoms with Crippen LogP contribution in [-0.2, 0) is 0 Å².